The van der Waals surface area contributed by atoms with E-state index in [0.717, 1.165) is 16.6 Å². The molecule has 0 unspecified atom stereocenters. The summed E-state index contributed by atoms with van der Waals surface area (Å²) in [4.78, 5) is 15.2. The van der Waals surface area contributed by atoms with Gasteiger partial charge in [-0.05, 0) is 12.1 Å². The van der Waals surface area contributed by atoms with Gasteiger partial charge in [0.15, 0.2) is 0 Å². The van der Waals surface area contributed by atoms with Crippen LogP contribution >= 0.6 is 0 Å². The van der Waals surface area contributed by atoms with Crippen LogP contribution in [0.2, 0.25) is 0 Å². The molecule has 0 aliphatic rings. The predicted octanol–water partition coefficient (Wildman–Crippen LogP) is 1.95. The molecule has 2 rings (SSSR count). The second-order valence-corrected chi connectivity index (χ2v) is 3.47. The van der Waals surface area contributed by atoms with Crippen LogP contribution in [0.5, 0.6) is 0 Å². The van der Waals surface area contributed by atoms with Gasteiger partial charge in [-0.3, -0.25) is 4.98 Å². The van der Waals surface area contributed by atoms with E-state index in [1.54, 1.807) is 0 Å². The minimum atomic E-state index is -0.522. The molecule has 0 amide bonds. The number of rotatable bonds is 1. The zero-order valence-corrected chi connectivity index (χ0v) is 9.43. The maximum atomic E-state index is 10.8. The molecule has 2 aromatic rings. The first-order valence-corrected chi connectivity index (χ1v) is 5.21. The summed E-state index contributed by atoms with van der Waals surface area (Å²) in [6.07, 6.45) is 0.444. The summed E-state index contributed by atoms with van der Waals surface area (Å²) in [6, 6.07) is 11.8. The number of hydrogen-bond acceptors (Lipinski definition) is 3. The minimum absolute atomic E-state index is 0.444. The molecule has 3 nitrogen and oxygen atoms in total. The monoisotopic (exact) mass is 225 g/mol. The SMILES string of the molecule is COC(=O)C#CCc1ccc2ccccc2n1. The first-order chi connectivity index (χ1) is 8.29. The number of carbonyl (C=O) groups excluding carboxylic acids is 1. The van der Waals surface area contributed by atoms with Gasteiger partial charge in [0.1, 0.15) is 0 Å². The number of para-hydroxylation sites is 1. The molecule has 84 valence electrons. The van der Waals surface area contributed by atoms with Crippen LogP contribution in [0, 0.1) is 11.8 Å². The van der Waals surface area contributed by atoms with Gasteiger partial charge in [0, 0.05) is 11.3 Å². The molecule has 1 heterocycles. The van der Waals surface area contributed by atoms with Gasteiger partial charge in [0.05, 0.1) is 24.7 Å². The maximum absolute atomic E-state index is 10.8. The van der Waals surface area contributed by atoms with Crippen LogP contribution in [0.25, 0.3) is 10.9 Å². The highest BCUT2D eigenvalue weighted by atomic mass is 16.5. The second kappa shape index (κ2) is 5.13. The maximum Gasteiger partial charge on any atom is 0.384 e. The van der Waals surface area contributed by atoms with Crippen LogP contribution in [0.15, 0.2) is 36.4 Å². The minimum Gasteiger partial charge on any atom is -0.459 e. The number of nitrogens with zero attached hydrogens (tertiary/aromatic N) is 1. The molecule has 0 aliphatic heterocycles. The lowest BCUT2D eigenvalue weighted by Crippen LogP contribution is -1.95. The first kappa shape index (κ1) is 11.2. The van der Waals surface area contributed by atoms with E-state index in [1.807, 2.05) is 36.4 Å². The van der Waals surface area contributed by atoms with Crippen molar-refractivity contribution < 1.29 is 9.53 Å². The average molecular weight is 225 g/mol. The number of fused-ring (bicyclic) bond motifs is 1. The molecular formula is C14H11NO2. The van der Waals surface area contributed by atoms with E-state index in [2.05, 4.69) is 21.6 Å². The Morgan fingerprint density at radius 2 is 2.12 bits per heavy atom. The third-order valence-corrected chi connectivity index (χ3v) is 2.30. The van der Waals surface area contributed by atoms with Crippen molar-refractivity contribution in [1.29, 1.82) is 0 Å². The number of ether oxygens (including phenoxy) is 1. The molecule has 0 bridgehead atoms. The van der Waals surface area contributed by atoms with Gasteiger partial charge in [-0.25, -0.2) is 4.79 Å². The van der Waals surface area contributed by atoms with Crippen molar-refractivity contribution in [2.75, 3.05) is 7.11 Å². The average Bonchev–Trinajstić information content (AvgIpc) is 2.38. The van der Waals surface area contributed by atoms with Gasteiger partial charge in [-0.15, -0.1) is 0 Å². The molecule has 0 saturated carbocycles. The smallest absolute Gasteiger partial charge is 0.384 e. The fourth-order valence-electron chi connectivity index (χ4n) is 1.46. The molecule has 0 aliphatic carbocycles. The van der Waals surface area contributed by atoms with Crippen LogP contribution in [0.4, 0.5) is 0 Å². The summed E-state index contributed by atoms with van der Waals surface area (Å²) in [5.41, 5.74) is 1.78. The fraction of sp³-hybridized carbons (Fsp3) is 0.143. The zero-order valence-electron chi connectivity index (χ0n) is 9.43. The van der Waals surface area contributed by atoms with E-state index >= 15 is 0 Å². The lowest BCUT2D eigenvalue weighted by molar-refractivity contribution is -0.133. The Balaban J connectivity index is 2.19. The van der Waals surface area contributed by atoms with Crippen molar-refractivity contribution in [2.24, 2.45) is 0 Å². The van der Waals surface area contributed by atoms with E-state index < -0.39 is 5.97 Å². The molecule has 1 aromatic heterocycles. The van der Waals surface area contributed by atoms with Crippen molar-refractivity contribution in [3.63, 3.8) is 0 Å². The summed E-state index contributed by atoms with van der Waals surface area (Å²) in [5, 5.41) is 1.09. The highest BCUT2D eigenvalue weighted by Gasteiger charge is 1.96. The molecule has 1 aromatic carbocycles. The van der Waals surface area contributed by atoms with Crippen molar-refractivity contribution in [3.8, 4) is 11.8 Å². The van der Waals surface area contributed by atoms with E-state index in [4.69, 9.17) is 0 Å². The lowest BCUT2D eigenvalue weighted by Gasteiger charge is -1.98. The zero-order chi connectivity index (χ0) is 12.1. The summed E-state index contributed by atoms with van der Waals surface area (Å²) < 4.78 is 4.43. The molecule has 0 fully saturated rings. The van der Waals surface area contributed by atoms with Crippen LogP contribution < -0.4 is 0 Å². The second-order valence-electron chi connectivity index (χ2n) is 3.47. The Labute approximate surface area is 99.4 Å². The molecule has 0 N–H and O–H groups in total. The summed E-state index contributed by atoms with van der Waals surface area (Å²) in [6.45, 7) is 0. The number of aromatic nitrogens is 1. The number of carbonyl (C=O) groups is 1. The molecule has 0 spiro atoms. The van der Waals surface area contributed by atoms with E-state index in [1.165, 1.54) is 7.11 Å². The Kier molecular flexibility index (Phi) is 3.37. The Bertz CT molecular complexity index is 608. The summed E-state index contributed by atoms with van der Waals surface area (Å²) in [7, 11) is 1.31. The number of pyridine rings is 1. The fourth-order valence-corrected chi connectivity index (χ4v) is 1.46. The van der Waals surface area contributed by atoms with E-state index in [9.17, 15) is 4.79 Å². The molecule has 0 radical (unpaired) electrons. The summed E-state index contributed by atoms with van der Waals surface area (Å²) in [5.74, 6) is 4.59. The van der Waals surface area contributed by atoms with Gasteiger partial charge < -0.3 is 4.74 Å². The van der Waals surface area contributed by atoms with Gasteiger partial charge in [0.25, 0.3) is 0 Å². The number of hydrogen-bond donors (Lipinski definition) is 0. The van der Waals surface area contributed by atoms with Crippen LogP contribution in [-0.2, 0) is 16.0 Å². The van der Waals surface area contributed by atoms with Crippen molar-refractivity contribution in [1.82, 2.24) is 4.98 Å². The van der Waals surface area contributed by atoms with Gasteiger partial charge in [-0.2, -0.15) is 0 Å². The molecule has 17 heavy (non-hydrogen) atoms. The molecule has 3 heteroatoms. The van der Waals surface area contributed by atoms with E-state index in [-0.39, 0.29) is 0 Å². The number of methoxy groups -OCH3 is 1. The molecule has 0 atom stereocenters. The third kappa shape index (κ3) is 2.82. The van der Waals surface area contributed by atoms with Crippen molar-refractivity contribution >= 4 is 16.9 Å². The van der Waals surface area contributed by atoms with Crippen LogP contribution in [0.3, 0.4) is 0 Å². The van der Waals surface area contributed by atoms with Crippen molar-refractivity contribution in [3.05, 3.63) is 42.1 Å². The highest BCUT2D eigenvalue weighted by molar-refractivity contribution is 5.88. The van der Waals surface area contributed by atoms with Gasteiger partial charge in [-0.1, -0.05) is 30.2 Å². The summed E-state index contributed by atoms with van der Waals surface area (Å²) >= 11 is 0. The standard InChI is InChI=1S/C14H11NO2/c1-17-14(16)8-4-6-12-10-9-11-5-2-3-7-13(11)15-12/h2-3,5,7,9-10H,6H2,1H3. The molecular weight excluding hydrogens is 214 g/mol. The van der Waals surface area contributed by atoms with Crippen molar-refractivity contribution in [2.45, 2.75) is 6.42 Å². The Morgan fingerprint density at radius 1 is 1.29 bits per heavy atom. The van der Waals surface area contributed by atoms with Crippen LogP contribution in [-0.4, -0.2) is 18.1 Å². The quantitative estimate of drug-likeness (QED) is 0.423. The normalized spacial score (nSPS) is 9.47. The predicted molar refractivity (Wildman–Crippen MR) is 65.2 cm³/mol. The lowest BCUT2D eigenvalue weighted by atomic mass is 10.2. The van der Waals surface area contributed by atoms with Crippen LogP contribution in [0.1, 0.15) is 5.69 Å². The topological polar surface area (TPSA) is 39.2 Å². The first-order valence-electron chi connectivity index (χ1n) is 5.21. The Morgan fingerprint density at radius 3 is 2.94 bits per heavy atom. The molecule has 0 saturated heterocycles. The van der Waals surface area contributed by atoms with Gasteiger partial charge in [0.2, 0.25) is 0 Å². The van der Waals surface area contributed by atoms with E-state index in [0.29, 0.717) is 6.42 Å². The number of benzene rings is 1. The third-order valence-electron chi connectivity index (χ3n) is 2.30. The Hall–Kier alpha value is -2.34. The number of esters is 1. The van der Waals surface area contributed by atoms with Gasteiger partial charge >= 0.3 is 5.97 Å². The largest absolute Gasteiger partial charge is 0.459 e. The highest BCUT2D eigenvalue weighted by Crippen LogP contribution is 2.11.